The Morgan fingerprint density at radius 3 is 2.75 bits per heavy atom. The topological polar surface area (TPSA) is 21.6 Å². The Morgan fingerprint density at radius 2 is 2.19 bits per heavy atom. The van der Waals surface area contributed by atoms with E-state index in [0.717, 1.165) is 5.57 Å². The molecule has 0 aromatic carbocycles. The highest BCUT2D eigenvalue weighted by Gasteiger charge is 2.20. The van der Waals surface area contributed by atoms with Crippen molar-refractivity contribution in [2.75, 3.05) is 7.11 Å². The van der Waals surface area contributed by atoms with E-state index in [9.17, 15) is 4.39 Å². The van der Waals surface area contributed by atoms with Gasteiger partial charge in [-0.2, -0.15) is 0 Å². The molecule has 2 nitrogen and oxygen atoms in total. The van der Waals surface area contributed by atoms with E-state index in [2.05, 4.69) is 41.1 Å². The largest absolute Gasteiger partial charge is 0.399 e. The molecule has 0 bridgehead atoms. The van der Waals surface area contributed by atoms with Crippen LogP contribution in [0.15, 0.2) is 16.8 Å². The third-order valence-corrected chi connectivity index (χ3v) is 2.98. The van der Waals surface area contributed by atoms with Gasteiger partial charge >= 0.3 is 0 Å². The zero-order valence-corrected chi connectivity index (χ0v) is 11.3. The number of alkyl halides is 1. The van der Waals surface area contributed by atoms with Crippen LogP contribution < -0.4 is 0 Å². The van der Waals surface area contributed by atoms with Gasteiger partial charge in [-0.1, -0.05) is 30.7 Å². The molecule has 0 amide bonds. The highest BCUT2D eigenvalue weighted by molar-refractivity contribution is 6.83. The summed E-state index contributed by atoms with van der Waals surface area (Å²) < 4.78 is 13.4. The number of hydrogen-bond acceptors (Lipinski definition) is 2. The van der Waals surface area contributed by atoms with Crippen LogP contribution in [0.4, 0.5) is 4.39 Å². The fraction of sp³-hybridized carbons (Fsp3) is 0.583. The first-order chi connectivity index (χ1) is 7.42. The van der Waals surface area contributed by atoms with E-state index in [4.69, 9.17) is 0 Å². The summed E-state index contributed by atoms with van der Waals surface area (Å²) in [6.45, 7) is 6.56. The van der Waals surface area contributed by atoms with E-state index in [-0.39, 0.29) is 0 Å². The molecule has 0 spiro atoms. The molecule has 16 heavy (non-hydrogen) atoms. The maximum absolute atomic E-state index is 13.4. The zero-order chi connectivity index (χ0) is 12.2. The number of hydrogen-bond donors (Lipinski definition) is 0. The minimum absolute atomic E-state index is 0.355. The van der Waals surface area contributed by atoms with Crippen molar-refractivity contribution in [2.45, 2.75) is 38.7 Å². The molecule has 0 N–H and O–H groups in total. The second-order valence-corrected chi connectivity index (χ2v) is 9.62. The Morgan fingerprint density at radius 1 is 1.50 bits per heavy atom. The standard InChI is InChI=1S/C12H18FNOSi/c1-15-14-12-9-10(5-6-11(12)13)7-8-16(2,3)4/h9,11H,5-6H2,1-4H3/b14-12+. The van der Waals surface area contributed by atoms with E-state index in [1.807, 2.05) is 0 Å². The van der Waals surface area contributed by atoms with E-state index >= 15 is 0 Å². The third kappa shape index (κ3) is 4.19. The SMILES string of the molecule is CO/N=C1\C=C(C#C[Si](C)(C)C)CCC1F. The van der Waals surface area contributed by atoms with Crippen LogP contribution in [0.1, 0.15) is 12.8 Å². The van der Waals surface area contributed by atoms with Crippen molar-refractivity contribution in [2.24, 2.45) is 5.16 Å². The summed E-state index contributed by atoms with van der Waals surface area (Å²) in [6, 6.07) is 0. The lowest BCUT2D eigenvalue weighted by Crippen LogP contribution is -2.20. The molecule has 4 heteroatoms. The van der Waals surface area contributed by atoms with Crippen molar-refractivity contribution in [1.82, 2.24) is 0 Å². The summed E-state index contributed by atoms with van der Waals surface area (Å²) in [4.78, 5) is 4.61. The molecule has 0 radical (unpaired) electrons. The third-order valence-electron chi connectivity index (χ3n) is 2.10. The second-order valence-electron chi connectivity index (χ2n) is 4.87. The number of oxime groups is 1. The number of halogens is 1. The molecule has 1 unspecified atom stereocenters. The molecule has 0 aromatic rings. The fourth-order valence-electron chi connectivity index (χ4n) is 1.33. The molecule has 88 valence electrons. The summed E-state index contributed by atoms with van der Waals surface area (Å²) >= 11 is 0. The molecule has 1 aliphatic carbocycles. The summed E-state index contributed by atoms with van der Waals surface area (Å²) in [5, 5.41) is 3.67. The maximum Gasteiger partial charge on any atom is 0.146 e. The molecule has 1 atom stereocenters. The summed E-state index contributed by atoms with van der Waals surface area (Å²) in [7, 11) is 0.0607. The van der Waals surface area contributed by atoms with Gasteiger partial charge in [0, 0.05) is 5.57 Å². The van der Waals surface area contributed by atoms with Gasteiger partial charge in [0.2, 0.25) is 0 Å². The monoisotopic (exact) mass is 239 g/mol. The smallest absolute Gasteiger partial charge is 0.146 e. The second kappa shape index (κ2) is 5.31. The van der Waals surface area contributed by atoms with Crippen LogP contribution in [-0.2, 0) is 4.84 Å². The van der Waals surface area contributed by atoms with Crippen LogP contribution in [0.3, 0.4) is 0 Å². The van der Waals surface area contributed by atoms with Gasteiger partial charge in [-0.3, -0.25) is 0 Å². The maximum atomic E-state index is 13.4. The predicted molar refractivity (Wildman–Crippen MR) is 67.8 cm³/mol. The van der Waals surface area contributed by atoms with Crippen LogP contribution in [-0.4, -0.2) is 27.1 Å². The quantitative estimate of drug-likeness (QED) is 0.392. The van der Waals surface area contributed by atoms with Crippen molar-refractivity contribution >= 4 is 13.8 Å². The van der Waals surface area contributed by atoms with E-state index in [1.54, 1.807) is 6.08 Å². The Kier molecular flexibility index (Phi) is 4.31. The van der Waals surface area contributed by atoms with E-state index in [1.165, 1.54) is 7.11 Å². The molecule has 0 aliphatic heterocycles. The fourth-order valence-corrected chi connectivity index (χ4v) is 1.86. The first-order valence-electron chi connectivity index (χ1n) is 5.41. The van der Waals surface area contributed by atoms with Crippen LogP contribution >= 0.6 is 0 Å². The Balaban J connectivity index is 2.86. The Labute approximate surface area is 97.6 Å². The van der Waals surface area contributed by atoms with Crippen molar-refractivity contribution in [3.8, 4) is 11.5 Å². The van der Waals surface area contributed by atoms with Crippen molar-refractivity contribution in [3.05, 3.63) is 11.6 Å². The average molecular weight is 239 g/mol. The van der Waals surface area contributed by atoms with Gasteiger partial charge in [0.25, 0.3) is 0 Å². The van der Waals surface area contributed by atoms with Gasteiger partial charge in [-0.15, -0.1) is 5.54 Å². The average Bonchev–Trinajstić information content (AvgIpc) is 2.18. The number of rotatable bonds is 1. The Bertz CT molecular complexity index is 371. The van der Waals surface area contributed by atoms with Crippen molar-refractivity contribution in [1.29, 1.82) is 0 Å². The zero-order valence-electron chi connectivity index (χ0n) is 10.3. The Hall–Kier alpha value is -1.08. The van der Waals surface area contributed by atoms with Crippen LogP contribution in [0.2, 0.25) is 19.6 Å². The normalized spacial score (nSPS) is 23.4. The minimum Gasteiger partial charge on any atom is -0.399 e. The highest BCUT2D eigenvalue weighted by atomic mass is 28.3. The first-order valence-corrected chi connectivity index (χ1v) is 8.91. The minimum atomic E-state index is -1.37. The lowest BCUT2D eigenvalue weighted by molar-refractivity contribution is 0.208. The highest BCUT2D eigenvalue weighted by Crippen LogP contribution is 2.19. The number of nitrogens with zero attached hydrogens (tertiary/aromatic N) is 1. The van der Waals surface area contributed by atoms with E-state index < -0.39 is 14.2 Å². The molecular weight excluding hydrogens is 221 g/mol. The summed E-state index contributed by atoms with van der Waals surface area (Å²) in [5.74, 6) is 3.14. The molecule has 0 saturated carbocycles. The lowest BCUT2D eigenvalue weighted by Gasteiger charge is -2.14. The molecular formula is C12H18FNOSi. The van der Waals surface area contributed by atoms with Crippen LogP contribution in [0.5, 0.6) is 0 Å². The van der Waals surface area contributed by atoms with Gasteiger partial charge in [0.15, 0.2) is 0 Å². The van der Waals surface area contributed by atoms with Crippen molar-refractivity contribution in [3.63, 3.8) is 0 Å². The molecule has 0 aromatic heterocycles. The van der Waals surface area contributed by atoms with Gasteiger partial charge in [0.1, 0.15) is 27.1 Å². The van der Waals surface area contributed by atoms with Gasteiger partial charge in [0.05, 0.1) is 0 Å². The predicted octanol–water partition coefficient (Wildman–Crippen LogP) is 2.93. The lowest BCUT2D eigenvalue weighted by atomic mass is 9.97. The first kappa shape index (κ1) is 13.0. The van der Waals surface area contributed by atoms with Crippen LogP contribution in [0.25, 0.3) is 0 Å². The van der Waals surface area contributed by atoms with E-state index in [0.29, 0.717) is 18.6 Å². The summed E-state index contributed by atoms with van der Waals surface area (Å²) in [5.41, 5.74) is 4.59. The molecule has 0 fully saturated rings. The van der Waals surface area contributed by atoms with Crippen molar-refractivity contribution < 1.29 is 9.23 Å². The molecule has 1 rings (SSSR count). The van der Waals surface area contributed by atoms with Gasteiger partial charge in [-0.05, 0) is 18.9 Å². The molecule has 0 heterocycles. The molecule has 0 saturated heterocycles. The molecule has 1 aliphatic rings. The van der Waals surface area contributed by atoms with Gasteiger partial charge in [-0.25, -0.2) is 4.39 Å². The van der Waals surface area contributed by atoms with Gasteiger partial charge < -0.3 is 4.84 Å². The summed E-state index contributed by atoms with van der Waals surface area (Å²) in [6.07, 6.45) is 1.85. The van der Waals surface area contributed by atoms with Crippen LogP contribution in [0, 0.1) is 11.5 Å². The number of allylic oxidation sites excluding steroid dienone is 2.